The maximum atomic E-state index is 14.4. The SMILES string of the molecule is Cn1ncc(C#N)c1-c1ccc(F)c(OC2CN(C(=O)N3N=CC[C@H]3c3cc(F)cc(C#N)c3)C2)n1. The minimum absolute atomic E-state index is 0.159. The number of halogens is 2. The van der Waals surface area contributed by atoms with Gasteiger partial charge in [-0.2, -0.15) is 20.7 Å². The van der Waals surface area contributed by atoms with Crippen molar-refractivity contribution in [1.82, 2.24) is 24.7 Å². The van der Waals surface area contributed by atoms with E-state index in [2.05, 4.69) is 15.2 Å². The number of hydrogen-bond acceptors (Lipinski definition) is 7. The lowest BCUT2D eigenvalue weighted by atomic mass is 10.0. The van der Waals surface area contributed by atoms with Gasteiger partial charge in [0, 0.05) is 19.7 Å². The Hall–Kier alpha value is -4.84. The number of aromatic nitrogens is 3. The number of carbonyl (C=O) groups is 1. The van der Waals surface area contributed by atoms with Crippen molar-refractivity contribution in [2.24, 2.45) is 12.1 Å². The Kier molecular flexibility index (Phi) is 5.78. The summed E-state index contributed by atoms with van der Waals surface area (Å²) in [4.78, 5) is 18.7. The van der Waals surface area contributed by atoms with Crippen LogP contribution in [-0.4, -0.2) is 56.1 Å². The average Bonchev–Trinajstić information content (AvgIpc) is 3.48. The number of hydrazone groups is 1. The molecule has 0 unspecified atom stereocenters. The summed E-state index contributed by atoms with van der Waals surface area (Å²) in [5, 5.41) is 27.8. The first-order valence-electron chi connectivity index (χ1n) is 10.9. The normalized spacial score (nSPS) is 17.0. The topological polar surface area (TPSA) is 123 Å². The van der Waals surface area contributed by atoms with Gasteiger partial charge in [0.1, 0.15) is 23.7 Å². The van der Waals surface area contributed by atoms with Crippen molar-refractivity contribution in [2.45, 2.75) is 18.6 Å². The van der Waals surface area contributed by atoms with Gasteiger partial charge in [-0.3, -0.25) is 4.68 Å². The number of nitrogens with zero attached hydrogens (tertiary/aromatic N) is 8. The summed E-state index contributed by atoms with van der Waals surface area (Å²) in [5.41, 5.74) is 1.69. The number of ether oxygens (including phenoxy) is 1. The highest BCUT2D eigenvalue weighted by atomic mass is 19.1. The van der Waals surface area contributed by atoms with Crippen molar-refractivity contribution in [3.63, 3.8) is 0 Å². The van der Waals surface area contributed by atoms with Crippen molar-refractivity contribution >= 4 is 12.2 Å². The number of hydrogen-bond donors (Lipinski definition) is 0. The van der Waals surface area contributed by atoms with E-state index in [0.29, 0.717) is 28.9 Å². The third kappa shape index (κ3) is 4.09. The summed E-state index contributed by atoms with van der Waals surface area (Å²) in [5.74, 6) is -1.48. The number of carbonyl (C=O) groups excluding carboxylic acids is 1. The van der Waals surface area contributed by atoms with Gasteiger partial charge in [0.05, 0.1) is 48.2 Å². The standard InChI is InChI=1S/C24H18F2N8O2/c1-32-22(16(10-28)11-30-32)20-3-2-19(26)23(31-20)36-18-12-33(13-18)24(35)34-21(4-5-29-34)15-6-14(9-27)7-17(25)8-15/h2-3,5-8,11,18,21H,4,12-13H2,1H3/t21-/m0/s1. The molecule has 0 aliphatic carbocycles. The van der Waals surface area contributed by atoms with Gasteiger partial charge in [-0.15, -0.1) is 0 Å². The van der Waals surface area contributed by atoms with Crippen LogP contribution in [-0.2, 0) is 7.05 Å². The van der Waals surface area contributed by atoms with Crippen molar-refractivity contribution in [3.05, 3.63) is 64.9 Å². The highest BCUT2D eigenvalue weighted by Crippen LogP contribution is 2.32. The van der Waals surface area contributed by atoms with Crippen molar-refractivity contribution < 1.29 is 18.3 Å². The second-order valence-electron chi connectivity index (χ2n) is 8.33. The molecule has 5 rings (SSSR count). The first kappa shape index (κ1) is 22.9. The molecule has 1 atom stereocenters. The molecule has 10 nitrogen and oxygen atoms in total. The zero-order valence-corrected chi connectivity index (χ0v) is 19.0. The number of likely N-dealkylation sites (tertiary alicyclic amines) is 1. The second-order valence-corrected chi connectivity index (χ2v) is 8.33. The summed E-state index contributed by atoms with van der Waals surface area (Å²) < 4.78 is 35.5. The third-order valence-electron chi connectivity index (χ3n) is 5.97. The fraction of sp³-hybridized carbons (Fsp3) is 0.250. The smallest absolute Gasteiger partial charge is 0.341 e. The molecule has 0 radical (unpaired) electrons. The first-order chi connectivity index (χ1) is 17.4. The van der Waals surface area contributed by atoms with Crippen LogP contribution < -0.4 is 4.74 Å². The van der Waals surface area contributed by atoms with Crippen molar-refractivity contribution in [3.8, 4) is 29.4 Å². The van der Waals surface area contributed by atoms with Gasteiger partial charge >= 0.3 is 6.03 Å². The van der Waals surface area contributed by atoms with Crippen LogP contribution in [0.15, 0.2) is 41.6 Å². The monoisotopic (exact) mass is 488 g/mol. The zero-order chi connectivity index (χ0) is 25.4. The number of rotatable bonds is 4. The van der Waals surface area contributed by atoms with E-state index in [1.165, 1.54) is 45.1 Å². The van der Waals surface area contributed by atoms with Gasteiger partial charge in [0.2, 0.25) is 0 Å². The largest absolute Gasteiger partial charge is 0.468 e. The Morgan fingerprint density at radius 1 is 1.17 bits per heavy atom. The van der Waals surface area contributed by atoms with E-state index in [4.69, 9.17) is 10.00 Å². The van der Waals surface area contributed by atoms with Crippen LogP contribution in [0.2, 0.25) is 0 Å². The molecule has 36 heavy (non-hydrogen) atoms. The number of urea groups is 1. The van der Waals surface area contributed by atoms with Gasteiger partial charge in [0.15, 0.2) is 5.82 Å². The van der Waals surface area contributed by atoms with Crippen molar-refractivity contribution in [1.29, 1.82) is 10.5 Å². The number of pyridine rings is 1. The Bertz CT molecular complexity index is 1470. The van der Waals surface area contributed by atoms with E-state index in [1.54, 1.807) is 13.3 Å². The molecule has 0 bridgehead atoms. The Labute approximate surface area is 204 Å². The molecule has 180 valence electrons. The molecule has 1 saturated heterocycles. The molecule has 3 aromatic rings. The lowest BCUT2D eigenvalue weighted by Gasteiger charge is -2.40. The number of aryl methyl sites for hydroxylation is 1. The Morgan fingerprint density at radius 3 is 2.72 bits per heavy atom. The molecule has 0 spiro atoms. The molecule has 2 aliphatic rings. The predicted octanol–water partition coefficient (Wildman–Crippen LogP) is 3.12. The fourth-order valence-electron chi connectivity index (χ4n) is 4.18. The molecule has 2 amide bonds. The minimum atomic E-state index is -0.673. The number of benzene rings is 1. The molecule has 1 aromatic carbocycles. The van der Waals surface area contributed by atoms with E-state index in [-0.39, 0.29) is 24.5 Å². The molecular weight excluding hydrogens is 470 g/mol. The van der Waals surface area contributed by atoms with Gasteiger partial charge in [-0.1, -0.05) is 0 Å². The summed E-state index contributed by atoms with van der Waals surface area (Å²) in [7, 11) is 1.65. The predicted molar refractivity (Wildman–Crippen MR) is 121 cm³/mol. The molecular formula is C24H18F2N8O2. The van der Waals surface area contributed by atoms with E-state index in [1.807, 2.05) is 12.1 Å². The molecule has 2 aromatic heterocycles. The van der Waals surface area contributed by atoms with E-state index < -0.39 is 29.8 Å². The highest BCUT2D eigenvalue weighted by Gasteiger charge is 2.39. The van der Waals surface area contributed by atoms with E-state index in [0.717, 1.165) is 6.07 Å². The Balaban J connectivity index is 1.26. The van der Waals surface area contributed by atoms with E-state index in [9.17, 15) is 18.8 Å². The third-order valence-corrected chi connectivity index (χ3v) is 5.97. The molecule has 2 aliphatic heterocycles. The quantitative estimate of drug-likeness (QED) is 0.556. The molecule has 0 N–H and O–H groups in total. The zero-order valence-electron chi connectivity index (χ0n) is 19.0. The van der Waals surface area contributed by atoms with Crippen LogP contribution in [0.1, 0.15) is 29.2 Å². The molecule has 0 saturated carbocycles. The van der Waals surface area contributed by atoms with E-state index >= 15 is 0 Å². The van der Waals surface area contributed by atoms with Crippen LogP contribution >= 0.6 is 0 Å². The Morgan fingerprint density at radius 2 is 1.97 bits per heavy atom. The van der Waals surface area contributed by atoms with Gasteiger partial charge in [-0.25, -0.2) is 23.6 Å². The molecule has 1 fully saturated rings. The summed E-state index contributed by atoms with van der Waals surface area (Å²) in [6.45, 7) is 0.343. The number of amides is 2. The fourth-order valence-corrected chi connectivity index (χ4v) is 4.18. The lowest BCUT2D eigenvalue weighted by molar-refractivity contribution is 0.0231. The number of nitriles is 2. The van der Waals surface area contributed by atoms with Crippen molar-refractivity contribution in [2.75, 3.05) is 13.1 Å². The lowest BCUT2D eigenvalue weighted by Crippen LogP contribution is -2.59. The van der Waals surface area contributed by atoms with Gasteiger partial charge < -0.3 is 9.64 Å². The molecule has 12 heteroatoms. The van der Waals surface area contributed by atoms with Crippen LogP contribution in [0.4, 0.5) is 13.6 Å². The van der Waals surface area contributed by atoms with Crippen LogP contribution in [0, 0.1) is 34.3 Å². The van der Waals surface area contributed by atoms with Gasteiger partial charge in [0.25, 0.3) is 5.88 Å². The van der Waals surface area contributed by atoms with Gasteiger partial charge in [-0.05, 0) is 35.9 Å². The van der Waals surface area contributed by atoms with Crippen LogP contribution in [0.5, 0.6) is 5.88 Å². The highest BCUT2D eigenvalue weighted by molar-refractivity contribution is 5.79. The maximum Gasteiger partial charge on any atom is 0.341 e. The average molecular weight is 488 g/mol. The summed E-state index contributed by atoms with van der Waals surface area (Å²) in [6.07, 6.45) is 2.84. The molecule has 4 heterocycles. The summed E-state index contributed by atoms with van der Waals surface area (Å²) >= 11 is 0. The minimum Gasteiger partial charge on any atom is -0.468 e. The first-order valence-corrected chi connectivity index (χ1v) is 10.9. The second kappa shape index (κ2) is 9.07. The van der Waals surface area contributed by atoms with Crippen LogP contribution in [0.3, 0.4) is 0 Å². The maximum absolute atomic E-state index is 14.4. The van der Waals surface area contributed by atoms with Crippen LogP contribution in [0.25, 0.3) is 11.4 Å². The summed E-state index contributed by atoms with van der Waals surface area (Å²) in [6, 6.07) is 9.56.